The van der Waals surface area contributed by atoms with Gasteiger partial charge in [0.1, 0.15) is 0 Å². The highest BCUT2D eigenvalue weighted by atomic mass is 35.5. The van der Waals surface area contributed by atoms with E-state index in [1.165, 1.54) is 0 Å². The zero-order chi connectivity index (χ0) is 11.5. The van der Waals surface area contributed by atoms with Crippen LogP contribution in [-0.4, -0.2) is 29.8 Å². The first kappa shape index (κ1) is 11.5. The van der Waals surface area contributed by atoms with Gasteiger partial charge in [-0.1, -0.05) is 11.6 Å². The molecule has 1 aliphatic rings. The quantitative estimate of drug-likeness (QED) is 0.843. The van der Waals surface area contributed by atoms with Crippen molar-refractivity contribution in [1.29, 1.82) is 0 Å². The van der Waals surface area contributed by atoms with Gasteiger partial charge >= 0.3 is 0 Å². The molecule has 1 aliphatic heterocycles. The Balaban J connectivity index is 2.08. The summed E-state index contributed by atoms with van der Waals surface area (Å²) < 4.78 is 0. The molecule has 16 heavy (non-hydrogen) atoms. The molecule has 1 atom stereocenters. The number of nitrogen functional groups attached to an aromatic ring is 1. The minimum absolute atomic E-state index is 0.252. The predicted octanol–water partition coefficient (Wildman–Crippen LogP) is 1.53. The largest absolute Gasteiger partial charge is 0.396 e. The minimum atomic E-state index is 0.252. The first-order valence-electron chi connectivity index (χ1n) is 5.47. The minimum Gasteiger partial charge on any atom is -0.396 e. The van der Waals surface area contributed by atoms with Crippen molar-refractivity contribution < 1.29 is 5.11 Å². The fourth-order valence-electron chi connectivity index (χ4n) is 2.16. The molecule has 1 fully saturated rings. The number of aliphatic hydroxyl groups is 1. The second-order valence-electron chi connectivity index (χ2n) is 4.18. The number of hydrogen-bond donors (Lipinski definition) is 2. The molecule has 0 saturated carbocycles. The van der Waals surface area contributed by atoms with Gasteiger partial charge in [-0.25, -0.2) is 4.98 Å². The first-order valence-corrected chi connectivity index (χ1v) is 5.85. The second kappa shape index (κ2) is 4.89. The van der Waals surface area contributed by atoms with Gasteiger partial charge in [-0.3, -0.25) is 0 Å². The van der Waals surface area contributed by atoms with Crippen LogP contribution in [-0.2, 0) is 0 Å². The molecule has 2 heterocycles. The van der Waals surface area contributed by atoms with E-state index in [9.17, 15) is 0 Å². The summed E-state index contributed by atoms with van der Waals surface area (Å²) in [5.41, 5.74) is 6.50. The van der Waals surface area contributed by atoms with Gasteiger partial charge in [-0.15, -0.1) is 0 Å². The van der Waals surface area contributed by atoms with Crippen LogP contribution in [0.5, 0.6) is 0 Å². The molecular formula is C11H16ClN3O. The Hall–Kier alpha value is -1.00. The lowest BCUT2D eigenvalue weighted by Crippen LogP contribution is -2.22. The maximum Gasteiger partial charge on any atom is 0.151 e. The van der Waals surface area contributed by atoms with Gasteiger partial charge in [0.15, 0.2) is 5.82 Å². The lowest BCUT2D eigenvalue weighted by Gasteiger charge is -2.19. The van der Waals surface area contributed by atoms with Crippen LogP contribution in [0.1, 0.15) is 12.8 Å². The average Bonchev–Trinajstić information content (AvgIpc) is 2.67. The van der Waals surface area contributed by atoms with Crippen LogP contribution in [0.3, 0.4) is 0 Å². The van der Waals surface area contributed by atoms with E-state index >= 15 is 0 Å². The average molecular weight is 242 g/mol. The van der Waals surface area contributed by atoms with E-state index in [2.05, 4.69) is 9.88 Å². The molecule has 1 aromatic rings. The Morgan fingerprint density at radius 1 is 1.62 bits per heavy atom. The standard InChI is InChI=1S/C11H16ClN3O/c12-9-5-10(13)11(14-6-9)15-3-1-8(7-15)2-4-16/h5-6,8,16H,1-4,7,13H2. The van der Waals surface area contributed by atoms with Crippen LogP contribution in [0, 0.1) is 5.92 Å². The molecule has 4 nitrogen and oxygen atoms in total. The first-order chi connectivity index (χ1) is 7.70. The summed E-state index contributed by atoms with van der Waals surface area (Å²) in [7, 11) is 0. The van der Waals surface area contributed by atoms with E-state index in [0.717, 1.165) is 31.7 Å². The number of aliphatic hydroxyl groups excluding tert-OH is 1. The van der Waals surface area contributed by atoms with E-state index in [1.54, 1.807) is 12.3 Å². The molecule has 0 amide bonds. The highest BCUT2D eigenvalue weighted by Crippen LogP contribution is 2.29. The Kier molecular flexibility index (Phi) is 3.51. The molecular weight excluding hydrogens is 226 g/mol. The molecule has 0 bridgehead atoms. The Morgan fingerprint density at radius 3 is 3.12 bits per heavy atom. The molecule has 0 aromatic carbocycles. The summed E-state index contributed by atoms with van der Waals surface area (Å²) in [6.07, 6.45) is 3.56. The third kappa shape index (κ3) is 2.39. The maximum atomic E-state index is 8.90. The number of anilines is 2. The third-order valence-corrected chi connectivity index (χ3v) is 3.19. The van der Waals surface area contributed by atoms with E-state index in [-0.39, 0.29) is 6.61 Å². The summed E-state index contributed by atoms with van der Waals surface area (Å²) in [5, 5.41) is 9.46. The lowest BCUT2D eigenvalue weighted by molar-refractivity contribution is 0.263. The predicted molar refractivity (Wildman–Crippen MR) is 65.7 cm³/mol. The van der Waals surface area contributed by atoms with Crippen LogP contribution < -0.4 is 10.6 Å². The van der Waals surface area contributed by atoms with Crippen LogP contribution in [0.4, 0.5) is 11.5 Å². The molecule has 0 spiro atoms. The molecule has 0 aliphatic carbocycles. The van der Waals surface area contributed by atoms with Crippen molar-refractivity contribution in [2.45, 2.75) is 12.8 Å². The maximum absolute atomic E-state index is 8.90. The normalized spacial score (nSPS) is 20.4. The van der Waals surface area contributed by atoms with Crippen molar-refractivity contribution in [2.24, 2.45) is 5.92 Å². The van der Waals surface area contributed by atoms with Gasteiger partial charge in [-0.05, 0) is 24.8 Å². The Bertz CT molecular complexity index is 372. The topological polar surface area (TPSA) is 62.4 Å². The van der Waals surface area contributed by atoms with Gasteiger partial charge in [0.25, 0.3) is 0 Å². The fourth-order valence-corrected chi connectivity index (χ4v) is 2.32. The number of aromatic nitrogens is 1. The number of nitrogens with two attached hydrogens (primary N) is 1. The van der Waals surface area contributed by atoms with Crippen molar-refractivity contribution >= 4 is 23.1 Å². The summed E-state index contributed by atoms with van der Waals surface area (Å²) in [6, 6.07) is 1.73. The molecule has 1 saturated heterocycles. The molecule has 2 rings (SSSR count). The molecule has 88 valence electrons. The van der Waals surface area contributed by atoms with Gasteiger partial charge in [0, 0.05) is 25.9 Å². The van der Waals surface area contributed by atoms with Gasteiger partial charge < -0.3 is 15.7 Å². The van der Waals surface area contributed by atoms with Crippen LogP contribution in [0.2, 0.25) is 5.02 Å². The third-order valence-electron chi connectivity index (χ3n) is 2.98. The van der Waals surface area contributed by atoms with Crippen molar-refractivity contribution in [1.82, 2.24) is 4.98 Å². The van der Waals surface area contributed by atoms with Gasteiger partial charge in [0.2, 0.25) is 0 Å². The monoisotopic (exact) mass is 241 g/mol. The van der Waals surface area contributed by atoms with E-state index in [1.807, 2.05) is 0 Å². The van der Waals surface area contributed by atoms with Crippen LogP contribution >= 0.6 is 11.6 Å². The summed E-state index contributed by atoms with van der Waals surface area (Å²) in [5.74, 6) is 1.35. The molecule has 3 N–H and O–H groups in total. The van der Waals surface area contributed by atoms with E-state index in [4.69, 9.17) is 22.4 Å². The van der Waals surface area contributed by atoms with Crippen molar-refractivity contribution in [2.75, 3.05) is 30.3 Å². The van der Waals surface area contributed by atoms with Crippen molar-refractivity contribution in [3.8, 4) is 0 Å². The zero-order valence-corrected chi connectivity index (χ0v) is 9.82. The van der Waals surface area contributed by atoms with Crippen molar-refractivity contribution in [3.05, 3.63) is 17.3 Å². The zero-order valence-electron chi connectivity index (χ0n) is 9.06. The van der Waals surface area contributed by atoms with E-state index in [0.29, 0.717) is 16.6 Å². The van der Waals surface area contributed by atoms with Crippen LogP contribution in [0.15, 0.2) is 12.3 Å². The van der Waals surface area contributed by atoms with Gasteiger partial charge in [-0.2, -0.15) is 0 Å². The number of nitrogens with zero attached hydrogens (tertiary/aromatic N) is 2. The number of hydrogen-bond acceptors (Lipinski definition) is 4. The lowest BCUT2D eigenvalue weighted by atomic mass is 10.1. The van der Waals surface area contributed by atoms with Crippen LogP contribution in [0.25, 0.3) is 0 Å². The number of halogens is 1. The van der Waals surface area contributed by atoms with Gasteiger partial charge in [0.05, 0.1) is 10.7 Å². The number of pyridine rings is 1. The Morgan fingerprint density at radius 2 is 2.44 bits per heavy atom. The summed E-state index contributed by atoms with van der Waals surface area (Å²) in [6.45, 7) is 2.12. The highest BCUT2D eigenvalue weighted by molar-refractivity contribution is 6.30. The number of rotatable bonds is 3. The fraction of sp³-hybridized carbons (Fsp3) is 0.545. The summed E-state index contributed by atoms with van der Waals surface area (Å²) in [4.78, 5) is 6.42. The van der Waals surface area contributed by atoms with E-state index < -0.39 is 0 Å². The molecule has 0 radical (unpaired) electrons. The summed E-state index contributed by atoms with van der Waals surface area (Å²) >= 11 is 5.81. The molecule has 5 heteroatoms. The Labute approximate surface area is 100 Å². The SMILES string of the molecule is Nc1cc(Cl)cnc1N1CCC(CCO)C1. The second-order valence-corrected chi connectivity index (χ2v) is 4.62. The van der Waals surface area contributed by atoms with Crippen molar-refractivity contribution in [3.63, 3.8) is 0 Å². The smallest absolute Gasteiger partial charge is 0.151 e. The molecule has 1 unspecified atom stereocenters. The highest BCUT2D eigenvalue weighted by Gasteiger charge is 2.24. The molecule has 1 aromatic heterocycles.